The maximum atomic E-state index is 5.39. The van der Waals surface area contributed by atoms with E-state index in [-0.39, 0.29) is 0 Å². The molecule has 0 atom stereocenters. The molecule has 0 radical (unpaired) electrons. The zero-order chi connectivity index (χ0) is 18.6. The van der Waals surface area contributed by atoms with Gasteiger partial charge in [-0.05, 0) is 13.0 Å². The van der Waals surface area contributed by atoms with Crippen molar-refractivity contribution in [3.05, 3.63) is 67.0 Å². The SMILES string of the molecule is C=CCn1c(SCc2nc(-c3ccccc3)no2)nnc1-c1ccoc1C. The fraction of sp³-hybridized carbons (Fsp3) is 0.158. The van der Waals surface area contributed by atoms with E-state index in [1.807, 2.05) is 54.0 Å². The summed E-state index contributed by atoms with van der Waals surface area (Å²) in [6.07, 6.45) is 3.46. The average molecular weight is 379 g/mol. The van der Waals surface area contributed by atoms with Crippen LogP contribution in [-0.4, -0.2) is 24.9 Å². The van der Waals surface area contributed by atoms with Gasteiger partial charge in [0.1, 0.15) is 5.76 Å². The van der Waals surface area contributed by atoms with Gasteiger partial charge in [0.15, 0.2) is 11.0 Å². The second-order valence-corrected chi connectivity index (χ2v) is 6.70. The molecule has 0 unspecified atom stereocenters. The van der Waals surface area contributed by atoms with Crippen LogP contribution in [0.3, 0.4) is 0 Å². The maximum absolute atomic E-state index is 5.39. The summed E-state index contributed by atoms with van der Waals surface area (Å²) in [5.74, 6) is 3.16. The van der Waals surface area contributed by atoms with Crippen molar-refractivity contribution in [3.8, 4) is 22.8 Å². The molecule has 0 spiro atoms. The summed E-state index contributed by atoms with van der Waals surface area (Å²) in [5, 5.41) is 13.4. The van der Waals surface area contributed by atoms with Gasteiger partial charge in [-0.25, -0.2) is 0 Å². The quantitative estimate of drug-likeness (QED) is 0.348. The molecule has 1 aromatic carbocycles. The van der Waals surface area contributed by atoms with Gasteiger partial charge >= 0.3 is 0 Å². The number of hydrogen-bond acceptors (Lipinski definition) is 7. The van der Waals surface area contributed by atoms with Crippen LogP contribution in [0.25, 0.3) is 22.8 Å². The summed E-state index contributed by atoms with van der Waals surface area (Å²) in [7, 11) is 0. The number of benzene rings is 1. The number of aryl methyl sites for hydroxylation is 1. The fourth-order valence-electron chi connectivity index (χ4n) is 2.65. The predicted molar refractivity (Wildman–Crippen MR) is 102 cm³/mol. The van der Waals surface area contributed by atoms with Crippen LogP contribution in [0.15, 0.2) is 69.4 Å². The zero-order valence-corrected chi connectivity index (χ0v) is 15.5. The van der Waals surface area contributed by atoms with E-state index in [1.54, 1.807) is 6.26 Å². The molecule has 0 saturated heterocycles. The van der Waals surface area contributed by atoms with Gasteiger partial charge < -0.3 is 8.94 Å². The van der Waals surface area contributed by atoms with Gasteiger partial charge in [-0.15, -0.1) is 16.8 Å². The van der Waals surface area contributed by atoms with Crippen molar-refractivity contribution in [2.75, 3.05) is 0 Å². The molecular weight excluding hydrogens is 362 g/mol. The Labute approximate surface area is 160 Å². The van der Waals surface area contributed by atoms with Crippen molar-refractivity contribution in [2.45, 2.75) is 24.4 Å². The van der Waals surface area contributed by atoms with E-state index in [2.05, 4.69) is 26.9 Å². The molecule has 0 aliphatic rings. The van der Waals surface area contributed by atoms with Crippen molar-refractivity contribution >= 4 is 11.8 Å². The van der Waals surface area contributed by atoms with Crippen LogP contribution in [0.4, 0.5) is 0 Å². The van der Waals surface area contributed by atoms with Crippen molar-refractivity contribution in [1.29, 1.82) is 0 Å². The third kappa shape index (κ3) is 3.56. The molecule has 7 nitrogen and oxygen atoms in total. The molecule has 0 aliphatic carbocycles. The smallest absolute Gasteiger partial charge is 0.237 e. The van der Waals surface area contributed by atoms with E-state index in [1.165, 1.54) is 11.8 Å². The number of furan rings is 1. The van der Waals surface area contributed by atoms with Gasteiger partial charge in [0, 0.05) is 12.1 Å². The highest BCUT2D eigenvalue weighted by molar-refractivity contribution is 7.98. The highest BCUT2D eigenvalue weighted by atomic mass is 32.2. The van der Waals surface area contributed by atoms with Gasteiger partial charge in [0.2, 0.25) is 11.7 Å². The number of allylic oxidation sites excluding steroid dienone is 1. The summed E-state index contributed by atoms with van der Waals surface area (Å²) in [6, 6.07) is 11.6. The monoisotopic (exact) mass is 379 g/mol. The Morgan fingerprint density at radius 3 is 2.78 bits per heavy atom. The largest absolute Gasteiger partial charge is 0.469 e. The van der Waals surface area contributed by atoms with Crippen LogP contribution >= 0.6 is 11.8 Å². The average Bonchev–Trinajstić information content (AvgIpc) is 3.41. The second-order valence-electron chi connectivity index (χ2n) is 5.76. The van der Waals surface area contributed by atoms with E-state index in [0.29, 0.717) is 24.0 Å². The zero-order valence-electron chi connectivity index (χ0n) is 14.7. The van der Waals surface area contributed by atoms with E-state index in [0.717, 1.165) is 27.9 Å². The molecule has 3 aromatic heterocycles. The standard InChI is InChI=1S/C19H17N5O2S/c1-3-10-24-18(15-9-11-25-13(15)2)21-22-19(24)27-12-16-20-17(23-26-16)14-7-5-4-6-8-14/h3-9,11H,1,10,12H2,2H3. The van der Waals surface area contributed by atoms with Gasteiger partial charge in [0.05, 0.1) is 17.6 Å². The Kier molecular flexibility index (Phi) is 4.88. The van der Waals surface area contributed by atoms with Gasteiger partial charge in [0.25, 0.3) is 0 Å². The summed E-state index contributed by atoms with van der Waals surface area (Å²) < 4.78 is 12.7. The normalized spacial score (nSPS) is 11.0. The van der Waals surface area contributed by atoms with Crippen LogP contribution in [0.2, 0.25) is 0 Å². The number of rotatable bonds is 7. The van der Waals surface area contributed by atoms with E-state index in [9.17, 15) is 0 Å². The Hall–Kier alpha value is -3.13. The van der Waals surface area contributed by atoms with Crippen LogP contribution in [-0.2, 0) is 12.3 Å². The molecular formula is C19H17N5O2S. The Morgan fingerprint density at radius 1 is 1.19 bits per heavy atom. The molecule has 0 N–H and O–H groups in total. The molecule has 27 heavy (non-hydrogen) atoms. The van der Waals surface area contributed by atoms with Gasteiger partial charge in [-0.1, -0.05) is 53.3 Å². The summed E-state index contributed by atoms with van der Waals surface area (Å²) in [4.78, 5) is 4.45. The Morgan fingerprint density at radius 2 is 2.04 bits per heavy atom. The summed E-state index contributed by atoms with van der Waals surface area (Å²) in [6.45, 7) is 6.32. The van der Waals surface area contributed by atoms with Gasteiger partial charge in [-0.2, -0.15) is 4.98 Å². The number of aromatic nitrogens is 5. The van der Waals surface area contributed by atoms with Crippen LogP contribution in [0.5, 0.6) is 0 Å². The lowest BCUT2D eigenvalue weighted by molar-refractivity contribution is 0.391. The first kappa shape index (κ1) is 17.3. The molecule has 136 valence electrons. The van der Waals surface area contributed by atoms with Crippen LogP contribution in [0, 0.1) is 6.92 Å². The first-order chi connectivity index (χ1) is 13.3. The van der Waals surface area contributed by atoms with E-state index in [4.69, 9.17) is 8.94 Å². The fourth-order valence-corrected chi connectivity index (χ4v) is 3.43. The van der Waals surface area contributed by atoms with Crippen molar-refractivity contribution in [3.63, 3.8) is 0 Å². The number of nitrogens with zero attached hydrogens (tertiary/aromatic N) is 5. The minimum Gasteiger partial charge on any atom is -0.469 e. The highest BCUT2D eigenvalue weighted by Crippen LogP contribution is 2.28. The first-order valence-corrected chi connectivity index (χ1v) is 9.34. The third-order valence-corrected chi connectivity index (χ3v) is 4.90. The molecule has 0 amide bonds. The minimum atomic E-state index is 0.499. The van der Waals surface area contributed by atoms with Crippen molar-refractivity contribution < 1.29 is 8.94 Å². The van der Waals surface area contributed by atoms with Crippen LogP contribution in [0.1, 0.15) is 11.7 Å². The Bertz CT molecular complexity index is 1050. The molecule has 0 aliphatic heterocycles. The molecule has 4 rings (SSSR count). The number of hydrogen-bond donors (Lipinski definition) is 0. The van der Waals surface area contributed by atoms with Gasteiger partial charge in [-0.3, -0.25) is 4.57 Å². The molecule has 4 aromatic rings. The lowest BCUT2D eigenvalue weighted by Gasteiger charge is -2.06. The number of thioether (sulfide) groups is 1. The highest BCUT2D eigenvalue weighted by Gasteiger charge is 2.18. The summed E-state index contributed by atoms with van der Waals surface area (Å²) >= 11 is 1.49. The van der Waals surface area contributed by atoms with E-state index < -0.39 is 0 Å². The van der Waals surface area contributed by atoms with Crippen LogP contribution < -0.4 is 0 Å². The van der Waals surface area contributed by atoms with Crippen molar-refractivity contribution in [1.82, 2.24) is 24.9 Å². The first-order valence-electron chi connectivity index (χ1n) is 8.35. The molecule has 0 saturated carbocycles. The molecule has 3 heterocycles. The van der Waals surface area contributed by atoms with E-state index >= 15 is 0 Å². The third-order valence-electron chi connectivity index (χ3n) is 3.95. The molecule has 0 fully saturated rings. The maximum Gasteiger partial charge on any atom is 0.237 e. The second kappa shape index (κ2) is 7.63. The molecule has 8 heteroatoms. The Balaban J connectivity index is 1.53. The lowest BCUT2D eigenvalue weighted by Crippen LogP contribution is -2.00. The minimum absolute atomic E-state index is 0.499. The predicted octanol–water partition coefficient (Wildman–Crippen LogP) is 4.37. The summed E-state index contributed by atoms with van der Waals surface area (Å²) in [5.41, 5.74) is 1.84. The topological polar surface area (TPSA) is 82.8 Å². The lowest BCUT2D eigenvalue weighted by atomic mass is 10.2. The molecule has 0 bridgehead atoms. The van der Waals surface area contributed by atoms with Crippen molar-refractivity contribution in [2.24, 2.45) is 0 Å².